The molecule has 7 aromatic carbocycles. The number of para-hydroxylation sites is 3. The lowest BCUT2D eigenvalue weighted by Gasteiger charge is -2.33. The molecule has 2 aliphatic rings. The zero-order valence-corrected chi connectivity index (χ0v) is 36.8. The molecule has 0 bridgehead atoms. The average Bonchev–Trinajstić information content (AvgIpc) is 3.84. The van der Waals surface area contributed by atoms with Gasteiger partial charge in [-0.05, 0) is 77.7 Å². The highest BCUT2D eigenvalue weighted by Gasteiger charge is 2.45. The fraction of sp³-hybridized carbons (Fsp3) is 0.158. The van der Waals surface area contributed by atoms with Crippen LogP contribution in [0.2, 0.25) is 19.6 Å². The second kappa shape index (κ2) is 13.8. The maximum Gasteiger partial charge on any atom is 0.304 e. The van der Waals surface area contributed by atoms with Crippen molar-refractivity contribution in [1.82, 2.24) is 4.57 Å². The van der Waals surface area contributed by atoms with Crippen molar-refractivity contribution in [2.45, 2.75) is 57.8 Å². The van der Waals surface area contributed by atoms with Gasteiger partial charge in [0.25, 0.3) is 0 Å². The van der Waals surface area contributed by atoms with Crippen LogP contribution >= 0.6 is 0 Å². The number of rotatable bonds is 3. The van der Waals surface area contributed by atoms with Crippen LogP contribution in [0.25, 0.3) is 88.9 Å². The Morgan fingerprint density at radius 1 is 0.710 bits per heavy atom. The predicted molar refractivity (Wildman–Crippen MR) is 259 cm³/mol. The molecule has 4 nitrogen and oxygen atoms in total. The number of furan rings is 1. The molecule has 2 unspecified atom stereocenters. The van der Waals surface area contributed by atoms with Gasteiger partial charge in [-0.1, -0.05) is 148 Å². The lowest BCUT2D eigenvalue weighted by Crippen LogP contribution is -2.54. The van der Waals surface area contributed by atoms with Gasteiger partial charge < -0.3 is 4.42 Å². The van der Waals surface area contributed by atoms with E-state index in [4.69, 9.17) is 11.0 Å². The molecule has 0 aliphatic carbocycles. The van der Waals surface area contributed by atoms with Gasteiger partial charge in [0, 0.05) is 44.5 Å². The van der Waals surface area contributed by atoms with Gasteiger partial charge in [0.05, 0.1) is 14.5 Å². The highest BCUT2D eigenvalue weighted by Crippen LogP contribution is 2.48. The molecule has 0 spiro atoms. The summed E-state index contributed by atoms with van der Waals surface area (Å²) in [5, 5.41) is 6.18. The Hall–Kier alpha value is -6.82. The fourth-order valence-corrected chi connectivity index (χ4v) is 13.0. The van der Waals surface area contributed by atoms with Gasteiger partial charge in [-0.3, -0.25) is 0 Å². The summed E-state index contributed by atoms with van der Waals surface area (Å²) in [5.41, 5.74) is 16.6. The molecule has 300 valence electrons. The molecule has 2 atom stereocenters. The quantitative estimate of drug-likeness (QED) is 0.129. The van der Waals surface area contributed by atoms with Crippen molar-refractivity contribution in [2.24, 2.45) is 0 Å². The molecule has 62 heavy (non-hydrogen) atoms. The minimum Gasteiger partial charge on any atom is -0.455 e. The Kier molecular flexibility index (Phi) is 8.26. The molecule has 2 aliphatic heterocycles. The molecule has 3 aromatic heterocycles. The second-order valence-corrected chi connectivity index (χ2v) is 23.6. The third kappa shape index (κ3) is 5.50. The van der Waals surface area contributed by atoms with E-state index in [1.807, 2.05) is 0 Å². The number of hydrogen-bond donors (Lipinski definition) is 0. The Bertz CT molecular complexity index is 3480. The smallest absolute Gasteiger partial charge is 0.304 e. The van der Waals surface area contributed by atoms with Gasteiger partial charge in [-0.15, -0.1) is 0 Å². The van der Waals surface area contributed by atoms with E-state index in [9.17, 15) is 0 Å². The van der Waals surface area contributed by atoms with E-state index < -0.39 is 8.07 Å². The number of aryl methyl sites for hydroxylation is 2. The fourth-order valence-electron chi connectivity index (χ4n) is 11.2. The number of pyridine rings is 1. The number of fused-ring (bicyclic) bond motifs is 16. The predicted octanol–water partition coefficient (Wildman–Crippen LogP) is 13.3. The normalized spacial score (nSPS) is 16.2. The molecule has 5 heteroatoms. The number of nitrogens with zero attached hydrogens (tertiary/aromatic N) is 3. The first-order valence-corrected chi connectivity index (χ1v) is 25.6. The molecule has 0 N–H and O–H groups in total. The van der Waals surface area contributed by atoms with E-state index in [2.05, 4.69) is 204 Å². The Balaban J connectivity index is 1.22. The zero-order valence-electron chi connectivity index (χ0n) is 35.8. The van der Waals surface area contributed by atoms with E-state index in [1.54, 1.807) is 0 Å². The summed E-state index contributed by atoms with van der Waals surface area (Å²) >= 11 is 0. The lowest BCUT2D eigenvalue weighted by atomic mass is 9.77. The minimum absolute atomic E-state index is 0.166. The van der Waals surface area contributed by atoms with Crippen LogP contribution in [0.15, 0.2) is 175 Å². The Labute approximate surface area is 363 Å². The van der Waals surface area contributed by atoms with Crippen molar-refractivity contribution in [1.29, 1.82) is 0 Å². The summed E-state index contributed by atoms with van der Waals surface area (Å²) in [4.78, 5) is 0. The van der Waals surface area contributed by atoms with Crippen LogP contribution < -0.4 is 14.3 Å². The van der Waals surface area contributed by atoms with E-state index in [0.29, 0.717) is 0 Å². The molecule has 0 fully saturated rings. The standard InChI is InChI=1S/C57H49N3OSi/c1-36-33-50-44-22-12-11-21-43(44)45-31-28-40-29-32-47-46-23-13-16-26-52(46)61-56(47)54(40)57-59(37(2)34-51(45)58(50)35-53(36)62(3,4)5)48-24-14-15-25-49(48)60(57)55-41-20-10-9-19-39(41)27-30-42(55)38-17-7-6-8-18-38/h6-27,29-30,32-33,35,45,51H,2,28,31,34H2,1,3-5H3/q+2. The molecule has 10 aromatic rings. The monoisotopic (exact) mass is 819 g/mol. The van der Waals surface area contributed by atoms with Crippen LogP contribution in [-0.2, 0) is 6.42 Å². The molecule has 0 saturated carbocycles. The van der Waals surface area contributed by atoms with Crippen molar-refractivity contribution in [3.8, 4) is 39.5 Å². The topological polar surface area (TPSA) is 25.8 Å². The second-order valence-electron chi connectivity index (χ2n) is 18.6. The van der Waals surface area contributed by atoms with Crippen LogP contribution in [0.1, 0.15) is 41.5 Å². The largest absolute Gasteiger partial charge is 0.455 e. The van der Waals surface area contributed by atoms with Crippen molar-refractivity contribution < 1.29 is 13.6 Å². The SMILES string of the molecule is C=C1CC2C(CCc3ccc4c(oc5ccccc54)c3-c3n(-c4c(-c5ccccc5)ccc5ccccc45)c4ccccc4[n+]31)c1ccccc1-c1cc(C)c([Si](C)(C)C)c[n+]12. The summed E-state index contributed by atoms with van der Waals surface area (Å²) < 4.78 is 14.8. The summed E-state index contributed by atoms with van der Waals surface area (Å²) in [7, 11) is -1.68. The maximum atomic E-state index is 7.11. The number of allylic oxidation sites excluding steroid dienone is 1. The zero-order chi connectivity index (χ0) is 41.9. The van der Waals surface area contributed by atoms with Crippen LogP contribution in [0.3, 0.4) is 0 Å². The van der Waals surface area contributed by atoms with Gasteiger partial charge in [-0.2, -0.15) is 13.7 Å². The van der Waals surface area contributed by atoms with E-state index in [-0.39, 0.29) is 12.0 Å². The molecular weight excluding hydrogens is 771 g/mol. The van der Waals surface area contributed by atoms with Crippen molar-refractivity contribution in [3.63, 3.8) is 0 Å². The van der Waals surface area contributed by atoms with Crippen LogP contribution in [0.4, 0.5) is 0 Å². The highest BCUT2D eigenvalue weighted by molar-refractivity contribution is 6.88. The number of aromatic nitrogens is 3. The molecule has 0 radical (unpaired) electrons. The Morgan fingerprint density at radius 2 is 1.45 bits per heavy atom. The molecular formula is C57H49N3OSi+2. The van der Waals surface area contributed by atoms with Crippen molar-refractivity contribution >= 4 is 62.7 Å². The van der Waals surface area contributed by atoms with Crippen LogP contribution in [-0.4, -0.2) is 12.6 Å². The van der Waals surface area contributed by atoms with Gasteiger partial charge in [-0.25, -0.2) is 0 Å². The first kappa shape index (κ1) is 37.0. The third-order valence-corrected chi connectivity index (χ3v) is 16.1. The number of hydrogen-bond acceptors (Lipinski definition) is 1. The van der Waals surface area contributed by atoms with Crippen molar-refractivity contribution in [3.05, 3.63) is 187 Å². The Morgan fingerprint density at radius 3 is 2.31 bits per heavy atom. The lowest BCUT2D eigenvalue weighted by molar-refractivity contribution is -0.719. The molecule has 0 saturated heterocycles. The third-order valence-electron chi connectivity index (χ3n) is 13.9. The van der Waals surface area contributed by atoms with Crippen molar-refractivity contribution in [2.75, 3.05) is 0 Å². The summed E-state index contributed by atoms with van der Waals surface area (Å²) in [6.07, 6.45) is 5.20. The van der Waals surface area contributed by atoms with E-state index in [0.717, 1.165) is 75.0 Å². The maximum absolute atomic E-state index is 7.11. The number of imidazole rings is 1. The van der Waals surface area contributed by atoms with Gasteiger partial charge in [0.2, 0.25) is 5.69 Å². The van der Waals surface area contributed by atoms with Gasteiger partial charge >= 0.3 is 5.82 Å². The highest BCUT2D eigenvalue weighted by atomic mass is 28.3. The van der Waals surface area contributed by atoms with Gasteiger partial charge in [0.15, 0.2) is 28.9 Å². The number of benzene rings is 7. The van der Waals surface area contributed by atoms with Gasteiger partial charge in [0.1, 0.15) is 22.5 Å². The van der Waals surface area contributed by atoms with E-state index in [1.165, 1.54) is 55.0 Å². The molecule has 12 rings (SSSR count). The van der Waals surface area contributed by atoms with E-state index >= 15 is 0 Å². The molecule has 5 heterocycles. The van der Waals surface area contributed by atoms with Crippen LogP contribution in [0.5, 0.6) is 0 Å². The average molecular weight is 820 g/mol. The summed E-state index contributed by atoms with van der Waals surface area (Å²) in [5.74, 6) is 1.35. The minimum atomic E-state index is -1.68. The first-order valence-electron chi connectivity index (χ1n) is 22.1. The van der Waals surface area contributed by atoms with Crippen LogP contribution in [0, 0.1) is 6.92 Å². The molecule has 0 amide bonds. The summed E-state index contributed by atoms with van der Waals surface area (Å²) in [6, 6.07) is 58.3. The summed E-state index contributed by atoms with van der Waals surface area (Å²) in [6.45, 7) is 14.9. The first-order chi connectivity index (χ1) is 30.2.